The van der Waals surface area contributed by atoms with Gasteiger partial charge in [0, 0.05) is 6.54 Å². The molecule has 0 saturated carbocycles. The van der Waals surface area contributed by atoms with Crippen LogP contribution in [0.2, 0.25) is 0 Å². The Hall–Kier alpha value is -2.82. The maximum atomic E-state index is 12.0. The third-order valence-corrected chi connectivity index (χ3v) is 3.93. The molecule has 0 aromatic heterocycles. The molecule has 5 nitrogen and oxygen atoms in total. The highest BCUT2D eigenvalue weighted by Crippen LogP contribution is 2.13. The van der Waals surface area contributed by atoms with Gasteiger partial charge in [0.1, 0.15) is 5.75 Å². The number of unbranched alkanes of at least 4 members (excludes halogenated alkanes) is 1. The van der Waals surface area contributed by atoms with Crippen LogP contribution in [0.3, 0.4) is 0 Å². The molecule has 1 N–H and O–H groups in total. The van der Waals surface area contributed by atoms with Gasteiger partial charge in [-0.1, -0.05) is 37.6 Å². The molecule has 26 heavy (non-hydrogen) atoms. The molecule has 0 fully saturated rings. The Kier molecular flexibility index (Phi) is 7.68. The number of ether oxygens (including phenoxy) is 2. The summed E-state index contributed by atoms with van der Waals surface area (Å²) in [6.07, 6.45) is 2.05. The highest BCUT2D eigenvalue weighted by atomic mass is 16.5. The van der Waals surface area contributed by atoms with Crippen LogP contribution in [0.1, 0.15) is 41.3 Å². The Bertz CT molecular complexity index is 725. The molecule has 0 bridgehead atoms. The van der Waals surface area contributed by atoms with Crippen LogP contribution in [-0.2, 0) is 16.1 Å². The smallest absolute Gasteiger partial charge is 0.338 e. The Labute approximate surface area is 154 Å². The summed E-state index contributed by atoms with van der Waals surface area (Å²) in [5.41, 5.74) is 2.52. The van der Waals surface area contributed by atoms with E-state index in [4.69, 9.17) is 9.47 Å². The maximum absolute atomic E-state index is 12.0. The second kappa shape index (κ2) is 10.2. The van der Waals surface area contributed by atoms with Gasteiger partial charge < -0.3 is 14.8 Å². The zero-order chi connectivity index (χ0) is 18.8. The lowest BCUT2D eigenvalue weighted by atomic mass is 10.1. The number of carbonyl (C=O) groups excluding carboxylic acids is 2. The van der Waals surface area contributed by atoms with E-state index in [0.717, 1.165) is 24.0 Å². The van der Waals surface area contributed by atoms with Crippen molar-refractivity contribution in [3.8, 4) is 5.75 Å². The molecule has 0 aliphatic carbocycles. The van der Waals surface area contributed by atoms with Crippen LogP contribution in [0.15, 0.2) is 48.5 Å². The molecule has 0 saturated heterocycles. The molecule has 0 heterocycles. The van der Waals surface area contributed by atoms with Gasteiger partial charge in [0.15, 0.2) is 6.61 Å². The predicted octanol–water partition coefficient (Wildman–Crippen LogP) is 3.65. The Balaban J connectivity index is 1.75. The summed E-state index contributed by atoms with van der Waals surface area (Å²) >= 11 is 0. The summed E-state index contributed by atoms with van der Waals surface area (Å²) in [6, 6.07) is 14.5. The summed E-state index contributed by atoms with van der Waals surface area (Å²) in [5, 5.41) is 2.75. The van der Waals surface area contributed by atoms with Crippen LogP contribution in [0.4, 0.5) is 0 Å². The van der Waals surface area contributed by atoms with E-state index in [1.165, 1.54) is 0 Å². The number of esters is 1. The fraction of sp³-hybridized carbons (Fsp3) is 0.333. The van der Waals surface area contributed by atoms with Gasteiger partial charge in [0.05, 0.1) is 12.2 Å². The normalized spacial score (nSPS) is 10.2. The second-order valence-corrected chi connectivity index (χ2v) is 6.01. The van der Waals surface area contributed by atoms with Crippen LogP contribution < -0.4 is 10.1 Å². The fourth-order valence-electron chi connectivity index (χ4n) is 2.29. The van der Waals surface area contributed by atoms with Gasteiger partial charge in [0.25, 0.3) is 5.91 Å². The number of rotatable bonds is 9. The molecular formula is C21H25NO4. The lowest BCUT2D eigenvalue weighted by molar-refractivity contribution is -0.124. The zero-order valence-corrected chi connectivity index (χ0v) is 15.3. The number of carbonyl (C=O) groups is 2. The van der Waals surface area contributed by atoms with Crippen LogP contribution in [0.25, 0.3) is 0 Å². The van der Waals surface area contributed by atoms with Crippen LogP contribution in [-0.4, -0.2) is 25.1 Å². The first-order valence-corrected chi connectivity index (χ1v) is 8.81. The van der Waals surface area contributed by atoms with Gasteiger partial charge >= 0.3 is 5.97 Å². The van der Waals surface area contributed by atoms with Crippen molar-refractivity contribution in [2.45, 2.75) is 33.2 Å². The second-order valence-electron chi connectivity index (χ2n) is 6.01. The monoisotopic (exact) mass is 355 g/mol. The molecule has 138 valence electrons. The first kappa shape index (κ1) is 19.5. The molecule has 0 spiro atoms. The van der Waals surface area contributed by atoms with E-state index in [1.807, 2.05) is 31.2 Å². The summed E-state index contributed by atoms with van der Waals surface area (Å²) in [7, 11) is 0. The SMILES string of the molecule is CCCCOc1ccc(C(=O)OCC(=O)NCc2ccccc2C)cc1. The average Bonchev–Trinajstić information content (AvgIpc) is 2.66. The van der Waals surface area contributed by atoms with Crippen molar-refractivity contribution in [1.82, 2.24) is 5.32 Å². The molecule has 5 heteroatoms. The lowest BCUT2D eigenvalue weighted by Crippen LogP contribution is -2.28. The highest BCUT2D eigenvalue weighted by molar-refractivity contribution is 5.91. The number of aryl methyl sites for hydroxylation is 1. The standard InChI is InChI=1S/C21H25NO4/c1-3-4-13-25-19-11-9-17(10-12-19)21(24)26-15-20(23)22-14-18-8-6-5-7-16(18)2/h5-12H,3-4,13-15H2,1-2H3,(H,22,23). The van der Waals surface area contributed by atoms with Crippen molar-refractivity contribution in [2.75, 3.05) is 13.2 Å². The predicted molar refractivity (Wildman–Crippen MR) is 100 cm³/mol. The van der Waals surface area contributed by atoms with Crippen LogP contribution in [0, 0.1) is 6.92 Å². The average molecular weight is 355 g/mol. The van der Waals surface area contributed by atoms with E-state index in [1.54, 1.807) is 24.3 Å². The van der Waals surface area contributed by atoms with Crippen LogP contribution >= 0.6 is 0 Å². The number of hydrogen-bond donors (Lipinski definition) is 1. The van der Waals surface area contributed by atoms with Gasteiger partial charge in [-0.05, 0) is 48.7 Å². The van der Waals surface area contributed by atoms with E-state index in [0.29, 0.717) is 24.5 Å². The van der Waals surface area contributed by atoms with Crippen molar-refractivity contribution in [3.63, 3.8) is 0 Å². The number of nitrogens with one attached hydrogen (secondary N) is 1. The van der Waals surface area contributed by atoms with E-state index in [9.17, 15) is 9.59 Å². The van der Waals surface area contributed by atoms with E-state index in [-0.39, 0.29) is 12.5 Å². The quantitative estimate of drug-likeness (QED) is 0.551. The van der Waals surface area contributed by atoms with Gasteiger partial charge in [-0.15, -0.1) is 0 Å². The van der Waals surface area contributed by atoms with E-state index in [2.05, 4.69) is 12.2 Å². The largest absolute Gasteiger partial charge is 0.494 e. The Morgan fingerprint density at radius 2 is 1.77 bits per heavy atom. The summed E-state index contributed by atoms with van der Waals surface area (Å²) < 4.78 is 10.6. The number of benzene rings is 2. The molecule has 0 atom stereocenters. The van der Waals surface area contributed by atoms with Crippen molar-refractivity contribution < 1.29 is 19.1 Å². The molecule has 2 aromatic carbocycles. The first-order chi connectivity index (χ1) is 12.6. The van der Waals surface area contributed by atoms with Crippen LogP contribution in [0.5, 0.6) is 5.75 Å². The number of hydrogen-bond acceptors (Lipinski definition) is 4. The van der Waals surface area contributed by atoms with Gasteiger partial charge in [-0.3, -0.25) is 4.79 Å². The van der Waals surface area contributed by atoms with Crippen molar-refractivity contribution >= 4 is 11.9 Å². The Morgan fingerprint density at radius 1 is 1.04 bits per heavy atom. The van der Waals surface area contributed by atoms with Gasteiger partial charge in [0.2, 0.25) is 0 Å². The minimum Gasteiger partial charge on any atom is -0.494 e. The van der Waals surface area contributed by atoms with Gasteiger partial charge in [-0.2, -0.15) is 0 Å². The molecule has 1 amide bonds. The highest BCUT2D eigenvalue weighted by Gasteiger charge is 2.10. The molecule has 2 aromatic rings. The van der Waals surface area contributed by atoms with Gasteiger partial charge in [-0.25, -0.2) is 4.79 Å². The minimum absolute atomic E-state index is 0.306. The minimum atomic E-state index is -0.531. The first-order valence-electron chi connectivity index (χ1n) is 8.81. The lowest BCUT2D eigenvalue weighted by Gasteiger charge is -2.09. The van der Waals surface area contributed by atoms with E-state index >= 15 is 0 Å². The third kappa shape index (κ3) is 6.24. The Morgan fingerprint density at radius 3 is 2.46 bits per heavy atom. The summed E-state index contributed by atoms with van der Waals surface area (Å²) in [4.78, 5) is 23.9. The third-order valence-electron chi connectivity index (χ3n) is 3.93. The van der Waals surface area contributed by atoms with Crippen molar-refractivity contribution in [3.05, 3.63) is 65.2 Å². The van der Waals surface area contributed by atoms with E-state index < -0.39 is 5.97 Å². The molecule has 2 rings (SSSR count). The topological polar surface area (TPSA) is 64.6 Å². The molecule has 0 radical (unpaired) electrons. The summed E-state index contributed by atoms with van der Waals surface area (Å²) in [6.45, 7) is 4.84. The molecule has 0 unspecified atom stereocenters. The number of amides is 1. The molecular weight excluding hydrogens is 330 g/mol. The molecule has 0 aliphatic rings. The zero-order valence-electron chi connectivity index (χ0n) is 15.3. The molecule has 0 aliphatic heterocycles. The van der Waals surface area contributed by atoms with Crippen molar-refractivity contribution in [1.29, 1.82) is 0 Å². The maximum Gasteiger partial charge on any atom is 0.338 e. The fourth-order valence-corrected chi connectivity index (χ4v) is 2.29. The van der Waals surface area contributed by atoms with Crippen molar-refractivity contribution in [2.24, 2.45) is 0 Å². The summed E-state index contributed by atoms with van der Waals surface area (Å²) in [5.74, 6) is -0.150.